The van der Waals surface area contributed by atoms with Gasteiger partial charge in [-0.25, -0.2) is 0 Å². The van der Waals surface area contributed by atoms with Crippen molar-refractivity contribution in [3.05, 3.63) is 0 Å². The normalized spacial score (nSPS) is 18.6. The molecule has 7 nitrogen and oxygen atoms in total. The second-order valence-electron chi connectivity index (χ2n) is 18.7. The fourth-order valence-corrected chi connectivity index (χ4v) is 7.82. The number of unbranched alkanes of at least 4 members (excludes halogenated alkanes) is 12. The second kappa shape index (κ2) is 31.8. The number of carbonyl (C=O) groups is 2. The van der Waals surface area contributed by atoms with Gasteiger partial charge in [0.2, 0.25) is 0 Å². The Hall–Kier alpha value is -1.18. The summed E-state index contributed by atoms with van der Waals surface area (Å²) in [5.41, 5.74) is 0. The van der Waals surface area contributed by atoms with Gasteiger partial charge in [0.1, 0.15) is 0 Å². The summed E-state index contributed by atoms with van der Waals surface area (Å²) in [6, 6.07) is 0. The Kier molecular flexibility index (Phi) is 29.9. The number of nitrogens with zero attached hydrogens (tertiary/aromatic N) is 1. The third-order valence-corrected chi connectivity index (χ3v) is 12.2. The summed E-state index contributed by atoms with van der Waals surface area (Å²) in [4.78, 5) is 27.1. The maximum Gasteiger partial charge on any atom is 0.305 e. The van der Waals surface area contributed by atoms with Gasteiger partial charge in [0.25, 0.3) is 0 Å². The Labute approximate surface area is 341 Å². The van der Waals surface area contributed by atoms with Gasteiger partial charge in [-0.2, -0.15) is 0 Å². The molecule has 0 N–H and O–H groups in total. The molecule has 3 unspecified atom stereocenters. The molecule has 326 valence electrons. The highest BCUT2D eigenvalue weighted by atomic mass is 16.7. The first-order valence-corrected chi connectivity index (χ1v) is 23.7. The Balaban J connectivity index is 2.29. The minimum Gasteiger partial charge on any atom is -0.465 e. The van der Waals surface area contributed by atoms with Crippen molar-refractivity contribution >= 4 is 11.9 Å². The topological polar surface area (TPSA) is 74.3 Å². The molecule has 1 saturated heterocycles. The van der Waals surface area contributed by atoms with Crippen molar-refractivity contribution in [1.29, 1.82) is 0 Å². The van der Waals surface area contributed by atoms with Crippen LogP contribution < -0.4 is 0 Å². The zero-order chi connectivity index (χ0) is 40.9. The molecule has 0 aromatic rings. The number of esters is 2. The molecule has 0 amide bonds. The maximum absolute atomic E-state index is 12.4. The lowest BCUT2D eigenvalue weighted by atomic mass is 9.89. The van der Waals surface area contributed by atoms with Crippen molar-refractivity contribution < 1.29 is 28.5 Å². The van der Waals surface area contributed by atoms with E-state index in [9.17, 15) is 9.59 Å². The van der Waals surface area contributed by atoms with Crippen LogP contribution in [-0.4, -0.2) is 68.2 Å². The van der Waals surface area contributed by atoms with Gasteiger partial charge < -0.3 is 23.8 Å². The van der Waals surface area contributed by atoms with Crippen LogP contribution in [0, 0.1) is 35.5 Å². The van der Waals surface area contributed by atoms with Gasteiger partial charge in [-0.1, -0.05) is 146 Å². The van der Waals surface area contributed by atoms with E-state index in [1.165, 1.54) is 64.2 Å². The summed E-state index contributed by atoms with van der Waals surface area (Å²) in [6.45, 7) is 27.3. The third kappa shape index (κ3) is 26.4. The molecule has 3 atom stereocenters. The van der Waals surface area contributed by atoms with Gasteiger partial charge >= 0.3 is 11.9 Å². The fraction of sp³-hybridized carbons (Fsp3) is 0.958. The molecule has 1 rings (SSSR count). The maximum atomic E-state index is 12.4. The highest BCUT2D eigenvalue weighted by Gasteiger charge is 2.40. The van der Waals surface area contributed by atoms with Crippen molar-refractivity contribution in [2.45, 2.75) is 222 Å². The van der Waals surface area contributed by atoms with Gasteiger partial charge in [0.15, 0.2) is 5.79 Å². The molecule has 0 bridgehead atoms. The average Bonchev–Trinajstić information content (AvgIpc) is 3.54. The molecule has 1 aliphatic heterocycles. The Morgan fingerprint density at radius 2 is 0.964 bits per heavy atom. The molecule has 0 saturated carbocycles. The molecular weight excluding hydrogens is 687 g/mol. The van der Waals surface area contributed by atoms with Crippen LogP contribution in [0.15, 0.2) is 0 Å². The van der Waals surface area contributed by atoms with Crippen molar-refractivity contribution in [2.75, 3.05) is 39.5 Å². The first kappa shape index (κ1) is 51.8. The van der Waals surface area contributed by atoms with Crippen LogP contribution in [0.3, 0.4) is 0 Å². The lowest BCUT2D eigenvalue weighted by molar-refractivity contribution is -0.180. The van der Waals surface area contributed by atoms with Crippen LogP contribution in [0.2, 0.25) is 0 Å². The van der Waals surface area contributed by atoms with Crippen LogP contribution in [0.4, 0.5) is 0 Å². The monoisotopic (exact) mass is 780 g/mol. The van der Waals surface area contributed by atoms with Crippen LogP contribution in [0.5, 0.6) is 0 Å². The first-order chi connectivity index (χ1) is 26.3. The van der Waals surface area contributed by atoms with E-state index in [4.69, 9.17) is 18.9 Å². The average molecular weight is 780 g/mol. The summed E-state index contributed by atoms with van der Waals surface area (Å²) < 4.78 is 24.6. The van der Waals surface area contributed by atoms with E-state index in [2.05, 4.69) is 74.1 Å². The van der Waals surface area contributed by atoms with Crippen LogP contribution >= 0.6 is 0 Å². The van der Waals surface area contributed by atoms with Crippen LogP contribution in [0.1, 0.15) is 210 Å². The van der Waals surface area contributed by atoms with Crippen molar-refractivity contribution in [3.8, 4) is 0 Å². The van der Waals surface area contributed by atoms with Crippen LogP contribution in [0.25, 0.3) is 0 Å². The first-order valence-electron chi connectivity index (χ1n) is 23.7. The van der Waals surface area contributed by atoms with Gasteiger partial charge in [-0.05, 0) is 87.1 Å². The summed E-state index contributed by atoms with van der Waals surface area (Å²) >= 11 is 0. The molecule has 1 aliphatic rings. The molecular formula is C48H93NO6. The molecule has 0 radical (unpaired) electrons. The Morgan fingerprint density at radius 3 is 1.33 bits per heavy atom. The fourth-order valence-electron chi connectivity index (χ4n) is 7.82. The Bertz CT molecular complexity index is 873. The number of rotatable bonds is 36. The molecule has 0 aromatic carbocycles. The summed E-state index contributed by atoms with van der Waals surface area (Å²) in [5.74, 6) is 2.96. The van der Waals surface area contributed by atoms with Gasteiger partial charge in [-0.15, -0.1) is 0 Å². The third-order valence-electron chi connectivity index (χ3n) is 12.2. The summed E-state index contributed by atoms with van der Waals surface area (Å²) in [5, 5.41) is 0. The number of likely N-dealkylation sites (N-methyl/N-ethyl adjacent to an activating group) is 1. The van der Waals surface area contributed by atoms with E-state index in [1.807, 2.05) is 0 Å². The molecule has 0 spiro atoms. The highest BCUT2D eigenvalue weighted by Crippen LogP contribution is 2.35. The molecule has 55 heavy (non-hydrogen) atoms. The van der Waals surface area contributed by atoms with E-state index < -0.39 is 5.79 Å². The quantitative estimate of drug-likeness (QED) is 0.0463. The summed E-state index contributed by atoms with van der Waals surface area (Å²) in [7, 11) is 0. The van der Waals surface area contributed by atoms with Crippen molar-refractivity contribution in [2.24, 2.45) is 35.5 Å². The predicted molar refractivity (Wildman–Crippen MR) is 231 cm³/mol. The SMILES string of the molecule is CCN(CC)CC1COC(CCCCCCCCCC(=O)OCC(CCC(C)C)C(C)C)(CCCCCCCCCC(=O)OCC(CCC(C)C)C(C)C)O1. The van der Waals surface area contributed by atoms with E-state index >= 15 is 0 Å². The molecule has 1 heterocycles. The van der Waals surface area contributed by atoms with E-state index in [1.54, 1.807) is 0 Å². The molecule has 7 heteroatoms. The van der Waals surface area contributed by atoms with Gasteiger partial charge in [-0.3, -0.25) is 9.59 Å². The van der Waals surface area contributed by atoms with Crippen molar-refractivity contribution in [1.82, 2.24) is 4.90 Å². The zero-order valence-corrected chi connectivity index (χ0v) is 38.2. The number of hydrogen-bond donors (Lipinski definition) is 0. The van der Waals surface area contributed by atoms with Gasteiger partial charge in [0.05, 0.1) is 25.9 Å². The van der Waals surface area contributed by atoms with E-state index in [0.29, 0.717) is 68.2 Å². The van der Waals surface area contributed by atoms with Crippen molar-refractivity contribution in [3.63, 3.8) is 0 Å². The molecule has 1 fully saturated rings. The smallest absolute Gasteiger partial charge is 0.305 e. The lowest BCUT2D eigenvalue weighted by Gasteiger charge is -2.29. The highest BCUT2D eigenvalue weighted by molar-refractivity contribution is 5.69. The summed E-state index contributed by atoms with van der Waals surface area (Å²) in [6.07, 6.45) is 23.9. The standard InChI is InChI=1S/C48H93NO6/c1-11-49(12-2)35-45-38-54-48(55-45,33-25-21-17-13-15-19-23-27-46(50)52-36-43(41(7)8)31-29-39(3)4)34-26-22-18-14-16-20-24-28-47(51)53-37-44(42(9)10)32-30-40(5)6/h39-45H,11-38H2,1-10H3. The van der Waals surface area contributed by atoms with Gasteiger partial charge in [0, 0.05) is 32.2 Å². The second-order valence-corrected chi connectivity index (χ2v) is 18.7. The molecule has 0 aliphatic carbocycles. The zero-order valence-electron chi connectivity index (χ0n) is 38.2. The Morgan fingerprint density at radius 1 is 0.582 bits per heavy atom. The number of carbonyl (C=O) groups excluding carboxylic acids is 2. The molecule has 0 aromatic heterocycles. The largest absolute Gasteiger partial charge is 0.465 e. The predicted octanol–water partition coefficient (Wildman–Crippen LogP) is 13.0. The minimum absolute atomic E-state index is 0.0201. The number of ether oxygens (including phenoxy) is 4. The number of hydrogen-bond acceptors (Lipinski definition) is 7. The van der Waals surface area contributed by atoms with Crippen LogP contribution in [-0.2, 0) is 28.5 Å². The minimum atomic E-state index is -0.425. The van der Waals surface area contributed by atoms with E-state index in [0.717, 1.165) is 83.8 Å². The van der Waals surface area contributed by atoms with E-state index in [-0.39, 0.29) is 18.0 Å². The lowest BCUT2D eigenvalue weighted by Crippen LogP contribution is -2.36.